The van der Waals surface area contributed by atoms with E-state index in [0.29, 0.717) is 5.89 Å². The Labute approximate surface area is 282 Å². The number of fused-ring (bicyclic) bond motifs is 8. The Morgan fingerprint density at radius 2 is 1.10 bits per heavy atom. The summed E-state index contributed by atoms with van der Waals surface area (Å²) in [6.45, 7) is 0. The van der Waals surface area contributed by atoms with Crippen molar-refractivity contribution in [3.8, 4) is 22.6 Å². The van der Waals surface area contributed by atoms with Gasteiger partial charge >= 0.3 is 0 Å². The second-order valence-corrected chi connectivity index (χ2v) is 12.4. The van der Waals surface area contributed by atoms with Gasteiger partial charge < -0.3 is 13.7 Å². The van der Waals surface area contributed by atoms with Gasteiger partial charge in [0.1, 0.15) is 16.7 Å². The zero-order chi connectivity index (χ0) is 32.3. The quantitative estimate of drug-likeness (QED) is 0.178. The van der Waals surface area contributed by atoms with Crippen LogP contribution in [0, 0.1) is 0 Å². The summed E-state index contributed by atoms with van der Waals surface area (Å²) in [4.78, 5) is 7.19. The molecule has 4 nitrogen and oxygen atoms in total. The van der Waals surface area contributed by atoms with Gasteiger partial charge in [0.05, 0.1) is 0 Å². The van der Waals surface area contributed by atoms with Gasteiger partial charge in [-0.15, -0.1) is 0 Å². The summed E-state index contributed by atoms with van der Waals surface area (Å²) in [5, 5.41) is 6.71. The van der Waals surface area contributed by atoms with Crippen molar-refractivity contribution in [1.29, 1.82) is 0 Å². The van der Waals surface area contributed by atoms with Crippen LogP contribution in [0.3, 0.4) is 0 Å². The molecule has 8 aromatic carbocycles. The topological polar surface area (TPSA) is 42.4 Å². The number of benzene rings is 8. The minimum absolute atomic E-state index is 0.626. The van der Waals surface area contributed by atoms with Gasteiger partial charge in [0.15, 0.2) is 5.58 Å². The minimum Gasteiger partial charge on any atom is -0.456 e. The molecule has 2 heterocycles. The third-order valence-electron chi connectivity index (χ3n) is 9.47. The van der Waals surface area contributed by atoms with E-state index in [1.54, 1.807) is 0 Å². The van der Waals surface area contributed by atoms with Crippen LogP contribution in [0.25, 0.3) is 77.2 Å². The molecule has 0 atom stereocenters. The Kier molecular flexibility index (Phi) is 6.15. The average molecular weight is 629 g/mol. The Balaban J connectivity index is 1.13. The van der Waals surface area contributed by atoms with Crippen LogP contribution in [0.15, 0.2) is 179 Å². The molecule has 4 heteroatoms. The Morgan fingerprint density at radius 1 is 0.429 bits per heavy atom. The molecule has 0 aliphatic heterocycles. The summed E-state index contributed by atoms with van der Waals surface area (Å²) in [7, 11) is 0. The lowest BCUT2D eigenvalue weighted by Gasteiger charge is -2.26. The molecule has 49 heavy (non-hydrogen) atoms. The van der Waals surface area contributed by atoms with Crippen LogP contribution in [0.5, 0.6) is 0 Å². The molecule has 0 spiro atoms. The summed E-state index contributed by atoms with van der Waals surface area (Å²) in [6.07, 6.45) is 0. The van der Waals surface area contributed by atoms with E-state index in [-0.39, 0.29) is 0 Å². The van der Waals surface area contributed by atoms with Gasteiger partial charge in [-0.2, -0.15) is 0 Å². The predicted octanol–water partition coefficient (Wildman–Crippen LogP) is 12.8. The second kappa shape index (κ2) is 11.0. The van der Waals surface area contributed by atoms with Gasteiger partial charge in [0, 0.05) is 38.8 Å². The minimum atomic E-state index is 0.626. The van der Waals surface area contributed by atoms with Crippen molar-refractivity contribution in [2.45, 2.75) is 0 Å². The van der Waals surface area contributed by atoms with E-state index in [9.17, 15) is 0 Å². The Bertz CT molecular complexity index is 2820. The molecular formula is C45H28N2O2. The van der Waals surface area contributed by atoms with Gasteiger partial charge in [0.25, 0.3) is 0 Å². The van der Waals surface area contributed by atoms with E-state index in [2.05, 4.69) is 120 Å². The number of rotatable bonds is 5. The van der Waals surface area contributed by atoms with E-state index < -0.39 is 0 Å². The SMILES string of the molecule is c1ccc(-c2nc3ccc4ccc5ccc(N(c6ccccc6)c6ccc(-c7cccc8oc9ccccc9c78)cc6)cc5c4c3o2)cc1. The molecule has 230 valence electrons. The number of oxazole rings is 1. The molecule has 0 amide bonds. The van der Waals surface area contributed by atoms with Crippen molar-refractivity contribution in [2.75, 3.05) is 4.90 Å². The van der Waals surface area contributed by atoms with Crippen LogP contribution in [0.2, 0.25) is 0 Å². The van der Waals surface area contributed by atoms with Crippen LogP contribution in [0.1, 0.15) is 0 Å². The zero-order valence-corrected chi connectivity index (χ0v) is 26.4. The highest BCUT2D eigenvalue weighted by atomic mass is 16.3. The van der Waals surface area contributed by atoms with E-state index in [1.807, 2.05) is 54.6 Å². The van der Waals surface area contributed by atoms with Crippen molar-refractivity contribution >= 4 is 71.6 Å². The third kappa shape index (κ3) is 4.49. The number of hydrogen-bond donors (Lipinski definition) is 0. The molecule has 0 bridgehead atoms. The van der Waals surface area contributed by atoms with Crippen LogP contribution < -0.4 is 4.90 Å². The molecule has 0 saturated heterocycles. The molecule has 0 saturated carbocycles. The zero-order valence-electron chi connectivity index (χ0n) is 26.4. The van der Waals surface area contributed by atoms with Crippen LogP contribution in [-0.4, -0.2) is 4.98 Å². The number of nitrogens with zero attached hydrogens (tertiary/aromatic N) is 2. The van der Waals surface area contributed by atoms with Crippen molar-refractivity contribution in [3.63, 3.8) is 0 Å². The molecule has 0 N–H and O–H groups in total. The van der Waals surface area contributed by atoms with Gasteiger partial charge in [-0.1, -0.05) is 103 Å². The maximum absolute atomic E-state index is 6.52. The highest BCUT2D eigenvalue weighted by Gasteiger charge is 2.18. The fourth-order valence-corrected chi connectivity index (χ4v) is 7.18. The maximum Gasteiger partial charge on any atom is 0.227 e. The highest BCUT2D eigenvalue weighted by Crippen LogP contribution is 2.42. The van der Waals surface area contributed by atoms with Gasteiger partial charge in [-0.25, -0.2) is 4.98 Å². The molecular weight excluding hydrogens is 601 g/mol. The largest absolute Gasteiger partial charge is 0.456 e. The first kappa shape index (κ1) is 27.5. The number of para-hydroxylation sites is 2. The Hall–Kier alpha value is -6.65. The summed E-state index contributed by atoms with van der Waals surface area (Å²) in [6, 6.07) is 59.2. The molecule has 0 aliphatic carbocycles. The van der Waals surface area contributed by atoms with Crippen LogP contribution in [-0.2, 0) is 0 Å². The second-order valence-electron chi connectivity index (χ2n) is 12.4. The van der Waals surface area contributed by atoms with Crippen LogP contribution in [0.4, 0.5) is 17.1 Å². The predicted molar refractivity (Wildman–Crippen MR) is 202 cm³/mol. The number of anilines is 3. The van der Waals surface area contributed by atoms with Gasteiger partial charge in [-0.05, 0) is 94.0 Å². The summed E-state index contributed by atoms with van der Waals surface area (Å²) >= 11 is 0. The summed E-state index contributed by atoms with van der Waals surface area (Å²) in [5.74, 6) is 0.626. The standard InChI is InChI=1S/C45H28N2O2/c1-3-10-32(11-4-1)45-46-39-27-23-31-19-18-30-22-26-35(28-38(30)42(31)44(39)49-45)47(33-12-5-2-6-13-33)34-24-20-29(21-25-34)36-15-9-17-41-43(36)37-14-7-8-16-40(37)48-41/h1-28H. The summed E-state index contributed by atoms with van der Waals surface area (Å²) in [5.41, 5.74) is 9.90. The van der Waals surface area contributed by atoms with Crippen LogP contribution >= 0.6 is 0 Å². The lowest BCUT2D eigenvalue weighted by Crippen LogP contribution is -2.09. The number of hydrogen-bond acceptors (Lipinski definition) is 4. The van der Waals surface area contributed by atoms with E-state index >= 15 is 0 Å². The average Bonchev–Trinajstić information content (AvgIpc) is 3.78. The van der Waals surface area contributed by atoms with Gasteiger partial charge in [0.2, 0.25) is 5.89 Å². The summed E-state index contributed by atoms with van der Waals surface area (Å²) < 4.78 is 12.7. The first-order chi connectivity index (χ1) is 24.3. The maximum atomic E-state index is 6.52. The van der Waals surface area contributed by atoms with E-state index in [0.717, 1.165) is 88.3 Å². The fourth-order valence-electron chi connectivity index (χ4n) is 7.18. The van der Waals surface area contributed by atoms with Crippen molar-refractivity contribution in [2.24, 2.45) is 0 Å². The first-order valence-corrected chi connectivity index (χ1v) is 16.5. The van der Waals surface area contributed by atoms with Gasteiger partial charge in [-0.3, -0.25) is 0 Å². The number of aromatic nitrogens is 1. The molecule has 0 fully saturated rings. The molecule has 2 aromatic heterocycles. The molecule has 10 rings (SSSR count). The first-order valence-electron chi connectivity index (χ1n) is 16.5. The van der Waals surface area contributed by atoms with E-state index in [1.165, 1.54) is 0 Å². The Morgan fingerprint density at radius 3 is 1.96 bits per heavy atom. The number of furan rings is 1. The monoisotopic (exact) mass is 628 g/mol. The smallest absolute Gasteiger partial charge is 0.227 e. The van der Waals surface area contributed by atoms with Crippen molar-refractivity contribution in [3.05, 3.63) is 170 Å². The third-order valence-corrected chi connectivity index (χ3v) is 9.47. The van der Waals surface area contributed by atoms with Crippen molar-refractivity contribution < 1.29 is 8.83 Å². The molecule has 10 aromatic rings. The lowest BCUT2D eigenvalue weighted by atomic mass is 9.98. The van der Waals surface area contributed by atoms with Crippen molar-refractivity contribution in [1.82, 2.24) is 4.98 Å². The highest BCUT2D eigenvalue weighted by molar-refractivity contribution is 6.19. The molecule has 0 radical (unpaired) electrons. The molecule has 0 unspecified atom stereocenters. The normalized spacial score (nSPS) is 11.7. The fraction of sp³-hybridized carbons (Fsp3) is 0. The van der Waals surface area contributed by atoms with E-state index in [4.69, 9.17) is 13.8 Å². The molecule has 0 aliphatic rings. The lowest BCUT2D eigenvalue weighted by molar-refractivity contribution is 0.623.